The Labute approximate surface area is 103 Å². The SMILES string of the molecule is CCCN1CCNc2cc(I)c(F)cc21. The summed E-state index contributed by atoms with van der Waals surface area (Å²) in [7, 11) is 0. The van der Waals surface area contributed by atoms with Gasteiger partial charge in [-0.2, -0.15) is 0 Å². The largest absolute Gasteiger partial charge is 0.382 e. The molecular weight excluding hydrogens is 306 g/mol. The number of benzene rings is 1. The van der Waals surface area contributed by atoms with Gasteiger partial charge in [0.1, 0.15) is 5.82 Å². The molecule has 0 atom stereocenters. The molecule has 0 aromatic heterocycles. The van der Waals surface area contributed by atoms with Crippen LogP contribution in [0, 0.1) is 9.39 Å². The minimum Gasteiger partial charge on any atom is -0.382 e. The summed E-state index contributed by atoms with van der Waals surface area (Å²) in [6.45, 7) is 5.04. The molecule has 82 valence electrons. The molecule has 0 bridgehead atoms. The van der Waals surface area contributed by atoms with Gasteiger partial charge in [0, 0.05) is 25.7 Å². The Morgan fingerprint density at radius 2 is 2.33 bits per heavy atom. The van der Waals surface area contributed by atoms with Gasteiger partial charge in [-0.25, -0.2) is 4.39 Å². The minimum atomic E-state index is -0.126. The van der Waals surface area contributed by atoms with Crippen LogP contribution in [0.25, 0.3) is 0 Å². The van der Waals surface area contributed by atoms with Gasteiger partial charge in [-0.1, -0.05) is 6.92 Å². The van der Waals surface area contributed by atoms with Crippen molar-refractivity contribution in [2.24, 2.45) is 0 Å². The molecule has 0 amide bonds. The van der Waals surface area contributed by atoms with E-state index in [0.717, 1.165) is 37.4 Å². The zero-order chi connectivity index (χ0) is 10.8. The van der Waals surface area contributed by atoms with Gasteiger partial charge in [-0.05, 0) is 35.1 Å². The van der Waals surface area contributed by atoms with E-state index in [-0.39, 0.29) is 5.82 Å². The molecule has 0 spiro atoms. The Kier molecular flexibility index (Phi) is 3.33. The molecule has 0 fully saturated rings. The molecule has 15 heavy (non-hydrogen) atoms. The van der Waals surface area contributed by atoms with E-state index < -0.39 is 0 Å². The third-order valence-corrected chi connectivity index (χ3v) is 3.40. The second kappa shape index (κ2) is 4.55. The molecule has 1 aromatic rings. The summed E-state index contributed by atoms with van der Waals surface area (Å²) < 4.78 is 14.1. The monoisotopic (exact) mass is 320 g/mol. The van der Waals surface area contributed by atoms with Crippen molar-refractivity contribution >= 4 is 34.0 Å². The van der Waals surface area contributed by atoms with Gasteiger partial charge in [0.2, 0.25) is 0 Å². The van der Waals surface area contributed by atoms with Crippen molar-refractivity contribution in [3.8, 4) is 0 Å². The van der Waals surface area contributed by atoms with E-state index in [1.165, 1.54) is 0 Å². The maximum Gasteiger partial charge on any atom is 0.138 e. The number of rotatable bonds is 2. The molecule has 4 heteroatoms. The van der Waals surface area contributed by atoms with Gasteiger partial charge >= 0.3 is 0 Å². The first-order valence-corrected chi connectivity index (χ1v) is 6.28. The molecule has 1 aliphatic heterocycles. The second-order valence-electron chi connectivity index (χ2n) is 3.70. The van der Waals surface area contributed by atoms with Crippen LogP contribution in [-0.4, -0.2) is 19.6 Å². The maximum absolute atomic E-state index is 13.5. The molecule has 0 radical (unpaired) electrons. The lowest BCUT2D eigenvalue weighted by Crippen LogP contribution is -2.34. The van der Waals surface area contributed by atoms with E-state index in [9.17, 15) is 4.39 Å². The molecule has 0 saturated heterocycles. The summed E-state index contributed by atoms with van der Waals surface area (Å²) in [5, 5.41) is 3.31. The van der Waals surface area contributed by atoms with Crippen LogP contribution in [0.15, 0.2) is 12.1 Å². The van der Waals surface area contributed by atoms with E-state index in [4.69, 9.17) is 0 Å². The number of hydrogen-bond acceptors (Lipinski definition) is 2. The van der Waals surface area contributed by atoms with E-state index in [1.807, 2.05) is 28.7 Å². The van der Waals surface area contributed by atoms with E-state index >= 15 is 0 Å². The van der Waals surface area contributed by atoms with Gasteiger partial charge in [0.25, 0.3) is 0 Å². The Morgan fingerprint density at radius 3 is 3.07 bits per heavy atom. The molecule has 2 nitrogen and oxygen atoms in total. The van der Waals surface area contributed by atoms with Crippen LogP contribution in [0.4, 0.5) is 15.8 Å². The Hall–Kier alpha value is -0.520. The molecule has 1 aromatic carbocycles. The Balaban J connectivity index is 2.38. The van der Waals surface area contributed by atoms with Crippen molar-refractivity contribution in [2.75, 3.05) is 29.9 Å². The number of hydrogen-bond donors (Lipinski definition) is 1. The minimum absolute atomic E-state index is 0.126. The zero-order valence-corrected chi connectivity index (χ0v) is 10.8. The van der Waals surface area contributed by atoms with Crippen LogP contribution < -0.4 is 10.2 Å². The highest BCUT2D eigenvalue weighted by Crippen LogP contribution is 2.32. The van der Waals surface area contributed by atoms with Crippen LogP contribution in [0.5, 0.6) is 0 Å². The fourth-order valence-corrected chi connectivity index (χ4v) is 2.35. The number of nitrogens with one attached hydrogen (secondary N) is 1. The van der Waals surface area contributed by atoms with Crippen molar-refractivity contribution in [1.82, 2.24) is 0 Å². The molecule has 2 rings (SSSR count). The average Bonchev–Trinajstić information content (AvgIpc) is 2.21. The first-order chi connectivity index (χ1) is 7.22. The highest BCUT2D eigenvalue weighted by Gasteiger charge is 2.17. The predicted molar refractivity (Wildman–Crippen MR) is 70.1 cm³/mol. The average molecular weight is 320 g/mol. The molecule has 0 saturated carbocycles. The van der Waals surface area contributed by atoms with Crippen molar-refractivity contribution in [3.05, 3.63) is 21.5 Å². The van der Waals surface area contributed by atoms with Crippen molar-refractivity contribution in [2.45, 2.75) is 13.3 Å². The third kappa shape index (κ3) is 2.19. The highest BCUT2D eigenvalue weighted by atomic mass is 127. The highest BCUT2D eigenvalue weighted by molar-refractivity contribution is 14.1. The van der Waals surface area contributed by atoms with Gasteiger partial charge in [0.15, 0.2) is 0 Å². The van der Waals surface area contributed by atoms with Crippen molar-refractivity contribution in [1.29, 1.82) is 0 Å². The van der Waals surface area contributed by atoms with Crippen LogP contribution >= 0.6 is 22.6 Å². The molecule has 0 unspecified atom stereocenters. The maximum atomic E-state index is 13.5. The fraction of sp³-hybridized carbons (Fsp3) is 0.455. The van der Waals surface area contributed by atoms with Gasteiger partial charge in [0.05, 0.1) is 14.9 Å². The topological polar surface area (TPSA) is 15.3 Å². The first-order valence-electron chi connectivity index (χ1n) is 5.20. The quantitative estimate of drug-likeness (QED) is 0.843. The standard InChI is InChI=1S/C11H14FIN2/c1-2-4-15-5-3-14-10-7-9(13)8(12)6-11(10)15/h6-7,14H,2-5H2,1H3. The van der Waals surface area contributed by atoms with Crippen LogP contribution in [0.3, 0.4) is 0 Å². The lowest BCUT2D eigenvalue weighted by Gasteiger charge is -2.32. The lowest BCUT2D eigenvalue weighted by molar-refractivity contribution is 0.618. The predicted octanol–water partition coefficient (Wildman–Crippen LogP) is 3.07. The summed E-state index contributed by atoms with van der Waals surface area (Å²) >= 11 is 2.03. The summed E-state index contributed by atoms with van der Waals surface area (Å²) in [5.74, 6) is -0.126. The van der Waals surface area contributed by atoms with Crippen molar-refractivity contribution in [3.63, 3.8) is 0 Å². The molecular formula is C11H14FIN2. The van der Waals surface area contributed by atoms with E-state index in [0.29, 0.717) is 3.57 Å². The summed E-state index contributed by atoms with van der Waals surface area (Å²) in [6.07, 6.45) is 1.09. The Morgan fingerprint density at radius 1 is 1.53 bits per heavy atom. The van der Waals surface area contributed by atoms with E-state index in [1.54, 1.807) is 6.07 Å². The van der Waals surface area contributed by atoms with E-state index in [2.05, 4.69) is 17.1 Å². The number of halogens is 2. The second-order valence-corrected chi connectivity index (χ2v) is 4.86. The summed E-state index contributed by atoms with van der Waals surface area (Å²) in [6, 6.07) is 3.52. The normalized spacial score (nSPS) is 14.7. The number of anilines is 2. The van der Waals surface area contributed by atoms with Gasteiger partial charge in [-0.3, -0.25) is 0 Å². The number of fused-ring (bicyclic) bond motifs is 1. The molecule has 1 N–H and O–H groups in total. The summed E-state index contributed by atoms with van der Waals surface area (Å²) in [5.41, 5.74) is 2.06. The lowest BCUT2D eigenvalue weighted by atomic mass is 10.2. The van der Waals surface area contributed by atoms with Gasteiger partial charge < -0.3 is 10.2 Å². The van der Waals surface area contributed by atoms with Crippen LogP contribution in [0.2, 0.25) is 0 Å². The van der Waals surface area contributed by atoms with Crippen LogP contribution in [0.1, 0.15) is 13.3 Å². The smallest absolute Gasteiger partial charge is 0.138 e. The van der Waals surface area contributed by atoms with Crippen molar-refractivity contribution < 1.29 is 4.39 Å². The van der Waals surface area contributed by atoms with Gasteiger partial charge in [-0.15, -0.1) is 0 Å². The van der Waals surface area contributed by atoms with Crippen LogP contribution in [-0.2, 0) is 0 Å². The summed E-state index contributed by atoms with van der Waals surface area (Å²) in [4.78, 5) is 2.24. The molecule has 1 heterocycles. The number of nitrogens with zero attached hydrogens (tertiary/aromatic N) is 1. The zero-order valence-electron chi connectivity index (χ0n) is 8.69. The molecule has 1 aliphatic rings. The fourth-order valence-electron chi connectivity index (χ4n) is 1.89. The first kappa shape index (κ1) is 11.0. The Bertz CT molecular complexity index is 368. The third-order valence-electron chi connectivity index (χ3n) is 2.57. The molecule has 0 aliphatic carbocycles.